The molecule has 3 heterocycles. The SMILES string of the molecule is CCN(CC)CCCC(C)Nc1nc(-n2[se]c3ccccc3c2=O)nc2nc[nH]c12. The van der Waals surface area contributed by atoms with Crippen LogP contribution in [0, 0.1) is 0 Å². The summed E-state index contributed by atoms with van der Waals surface area (Å²) in [6, 6.07) is 7.95. The van der Waals surface area contributed by atoms with Crippen LogP contribution in [0.5, 0.6) is 0 Å². The fourth-order valence-electron chi connectivity index (χ4n) is 3.59. The number of nitrogens with one attached hydrogen (secondary N) is 2. The molecule has 1 atom stereocenters. The molecular weight excluding hydrogens is 445 g/mol. The van der Waals surface area contributed by atoms with Crippen molar-refractivity contribution >= 4 is 41.4 Å². The number of rotatable bonds is 9. The first kappa shape index (κ1) is 20.8. The molecule has 0 amide bonds. The molecule has 0 bridgehead atoms. The Morgan fingerprint density at radius 1 is 1.23 bits per heavy atom. The molecule has 0 spiro atoms. The van der Waals surface area contributed by atoms with Crippen LogP contribution in [0.3, 0.4) is 0 Å². The first-order valence-corrected chi connectivity index (χ1v) is 12.0. The number of hydrogen-bond donors (Lipinski definition) is 2. The van der Waals surface area contributed by atoms with Crippen LogP contribution in [0.25, 0.3) is 26.8 Å². The predicted molar refractivity (Wildman–Crippen MR) is 122 cm³/mol. The summed E-state index contributed by atoms with van der Waals surface area (Å²) in [6.45, 7) is 9.81. The van der Waals surface area contributed by atoms with Gasteiger partial charge in [0.1, 0.15) is 0 Å². The van der Waals surface area contributed by atoms with Gasteiger partial charge in [0.15, 0.2) is 0 Å². The molecule has 2 N–H and O–H groups in total. The number of H-pyrrole nitrogens is 1. The van der Waals surface area contributed by atoms with E-state index < -0.39 is 0 Å². The number of nitrogens with zero attached hydrogens (tertiary/aromatic N) is 5. The van der Waals surface area contributed by atoms with Gasteiger partial charge >= 0.3 is 181 Å². The van der Waals surface area contributed by atoms with Crippen LogP contribution in [0.15, 0.2) is 35.4 Å². The zero-order valence-corrected chi connectivity index (χ0v) is 19.3. The van der Waals surface area contributed by atoms with Crippen LogP contribution < -0.4 is 10.9 Å². The number of fused-ring (bicyclic) bond motifs is 2. The number of benzene rings is 1. The van der Waals surface area contributed by atoms with Gasteiger partial charge in [-0.15, -0.1) is 0 Å². The van der Waals surface area contributed by atoms with E-state index in [1.807, 2.05) is 24.3 Å². The van der Waals surface area contributed by atoms with Gasteiger partial charge in [-0.05, 0) is 0 Å². The van der Waals surface area contributed by atoms with Gasteiger partial charge in [0.05, 0.1) is 0 Å². The summed E-state index contributed by atoms with van der Waals surface area (Å²) in [5.74, 6) is 1.11. The van der Waals surface area contributed by atoms with E-state index in [0.717, 1.165) is 47.6 Å². The van der Waals surface area contributed by atoms with E-state index in [1.54, 1.807) is 9.89 Å². The molecule has 0 radical (unpaired) electrons. The van der Waals surface area contributed by atoms with Crippen molar-refractivity contribution in [3.8, 4) is 5.95 Å². The fraction of sp³-hybridized carbons (Fsp3) is 0.429. The van der Waals surface area contributed by atoms with Gasteiger partial charge in [-0.1, -0.05) is 0 Å². The molecule has 9 heteroatoms. The van der Waals surface area contributed by atoms with Crippen LogP contribution >= 0.6 is 0 Å². The van der Waals surface area contributed by atoms with Gasteiger partial charge in [0.2, 0.25) is 0 Å². The summed E-state index contributed by atoms with van der Waals surface area (Å²) < 4.78 is 2.74. The summed E-state index contributed by atoms with van der Waals surface area (Å²) in [5, 5.41) is 4.25. The van der Waals surface area contributed by atoms with Crippen molar-refractivity contribution in [2.45, 2.75) is 39.7 Å². The van der Waals surface area contributed by atoms with E-state index in [2.05, 4.69) is 45.9 Å². The van der Waals surface area contributed by atoms with E-state index >= 15 is 0 Å². The first-order valence-electron chi connectivity index (χ1n) is 10.4. The maximum atomic E-state index is 12.9. The summed E-state index contributed by atoms with van der Waals surface area (Å²) in [7, 11) is 0. The van der Waals surface area contributed by atoms with E-state index in [4.69, 9.17) is 4.98 Å². The van der Waals surface area contributed by atoms with Gasteiger partial charge in [0, 0.05) is 0 Å². The Hall–Kier alpha value is -2.48. The van der Waals surface area contributed by atoms with Crippen LogP contribution in [0.1, 0.15) is 33.6 Å². The van der Waals surface area contributed by atoms with Crippen molar-refractivity contribution in [3.63, 3.8) is 0 Å². The summed E-state index contributed by atoms with van der Waals surface area (Å²) in [6.07, 6.45) is 3.76. The van der Waals surface area contributed by atoms with Crippen molar-refractivity contribution in [3.05, 3.63) is 40.9 Å². The molecule has 3 aromatic heterocycles. The summed E-state index contributed by atoms with van der Waals surface area (Å²) in [4.78, 5) is 32.0. The van der Waals surface area contributed by atoms with Gasteiger partial charge < -0.3 is 0 Å². The fourth-order valence-corrected chi connectivity index (χ4v) is 5.55. The standard InChI is InChI=1S/C21H27N7OSe/c1-4-27(5-2)12-8-9-14(3)24-19-17-18(23-13-22-17)25-21(26-19)28-20(29)15-10-6-7-11-16(15)30-28/h6-7,10-11,13-14H,4-5,8-9,12H2,1-3H3,(H2,22,23,24,25,26). The molecular formula is C21H27N7OSe. The molecule has 4 rings (SSSR count). The van der Waals surface area contributed by atoms with Crippen molar-refractivity contribution < 1.29 is 0 Å². The topological polar surface area (TPSA) is 91.7 Å². The zero-order valence-electron chi connectivity index (χ0n) is 17.6. The average molecular weight is 472 g/mol. The van der Waals surface area contributed by atoms with Crippen molar-refractivity contribution in [2.24, 2.45) is 0 Å². The predicted octanol–water partition coefficient (Wildman–Crippen LogP) is 2.64. The van der Waals surface area contributed by atoms with Crippen LogP contribution in [-0.4, -0.2) is 68.8 Å². The van der Waals surface area contributed by atoms with Crippen LogP contribution in [0.2, 0.25) is 0 Å². The van der Waals surface area contributed by atoms with E-state index in [1.165, 1.54) is 0 Å². The van der Waals surface area contributed by atoms with E-state index in [-0.39, 0.29) is 26.3 Å². The molecule has 0 aliphatic heterocycles. The Morgan fingerprint density at radius 3 is 2.80 bits per heavy atom. The normalized spacial score (nSPS) is 12.8. The molecule has 0 aliphatic rings. The summed E-state index contributed by atoms with van der Waals surface area (Å²) >= 11 is -0.176. The van der Waals surface area contributed by atoms with Crippen LogP contribution in [0.4, 0.5) is 5.82 Å². The van der Waals surface area contributed by atoms with E-state index in [0.29, 0.717) is 17.4 Å². The molecule has 1 aromatic carbocycles. The quantitative estimate of drug-likeness (QED) is 0.364. The molecule has 158 valence electrons. The molecule has 0 fully saturated rings. The first-order chi connectivity index (χ1) is 14.6. The number of hydrogen-bond acceptors (Lipinski definition) is 6. The second-order valence-corrected chi connectivity index (χ2v) is 9.45. The monoisotopic (exact) mass is 473 g/mol. The van der Waals surface area contributed by atoms with Crippen LogP contribution in [-0.2, 0) is 0 Å². The third-order valence-corrected chi connectivity index (χ3v) is 7.57. The number of anilines is 1. The molecule has 30 heavy (non-hydrogen) atoms. The van der Waals surface area contributed by atoms with Gasteiger partial charge in [-0.25, -0.2) is 0 Å². The Balaban J connectivity index is 1.60. The molecule has 0 aliphatic carbocycles. The molecule has 1 unspecified atom stereocenters. The Kier molecular flexibility index (Phi) is 6.32. The minimum atomic E-state index is -0.176. The van der Waals surface area contributed by atoms with Gasteiger partial charge in [0.25, 0.3) is 0 Å². The van der Waals surface area contributed by atoms with Crippen molar-refractivity contribution in [2.75, 3.05) is 25.0 Å². The second kappa shape index (κ2) is 9.12. The number of imidazole rings is 1. The summed E-state index contributed by atoms with van der Waals surface area (Å²) in [5.41, 5.74) is 1.29. The molecule has 4 aromatic rings. The molecule has 0 saturated heterocycles. The Morgan fingerprint density at radius 2 is 2.03 bits per heavy atom. The van der Waals surface area contributed by atoms with Gasteiger partial charge in [-0.3, -0.25) is 0 Å². The van der Waals surface area contributed by atoms with E-state index in [9.17, 15) is 4.79 Å². The third-order valence-electron chi connectivity index (χ3n) is 5.34. The Labute approximate surface area is 181 Å². The second-order valence-electron chi connectivity index (χ2n) is 7.37. The van der Waals surface area contributed by atoms with Crippen molar-refractivity contribution in [1.29, 1.82) is 0 Å². The third kappa shape index (κ3) is 4.19. The van der Waals surface area contributed by atoms with Gasteiger partial charge in [-0.2, -0.15) is 0 Å². The minimum absolute atomic E-state index is 0.0429. The molecule has 0 saturated carbocycles. The zero-order chi connectivity index (χ0) is 21.1. The average Bonchev–Trinajstić information content (AvgIpc) is 3.36. The maximum absolute atomic E-state index is 12.9. The number of aromatic nitrogens is 5. The Bertz CT molecular complexity index is 1190. The number of aromatic amines is 1. The van der Waals surface area contributed by atoms with Crippen molar-refractivity contribution in [1.82, 2.24) is 28.4 Å². The molecule has 8 nitrogen and oxygen atoms in total.